The topological polar surface area (TPSA) is 67.2 Å². The van der Waals surface area contributed by atoms with Crippen LogP contribution in [0.15, 0.2) is 17.3 Å². The first-order valence-electron chi connectivity index (χ1n) is 7.52. The monoisotopic (exact) mass is 314 g/mol. The molecule has 1 fully saturated rings. The van der Waals surface area contributed by atoms with Gasteiger partial charge in [-0.15, -0.1) is 0 Å². The van der Waals surface area contributed by atoms with Gasteiger partial charge in [-0.05, 0) is 26.7 Å². The third-order valence-electron chi connectivity index (χ3n) is 3.92. The summed E-state index contributed by atoms with van der Waals surface area (Å²) in [4.78, 5) is 0.294. The van der Waals surface area contributed by atoms with Crippen molar-refractivity contribution < 1.29 is 8.42 Å². The summed E-state index contributed by atoms with van der Waals surface area (Å²) in [5.74, 6) is 0. The van der Waals surface area contributed by atoms with E-state index in [0.29, 0.717) is 24.0 Å². The Balaban J connectivity index is 2.09. The maximum atomic E-state index is 12.7. The summed E-state index contributed by atoms with van der Waals surface area (Å²) in [6.45, 7) is 10.1. The van der Waals surface area contributed by atoms with Gasteiger partial charge < -0.3 is 5.32 Å². The maximum absolute atomic E-state index is 12.7. The lowest BCUT2D eigenvalue weighted by Crippen LogP contribution is -2.42. The standard InChI is InChI=1S/C14H26N4O2S/c1-12(2)15-7-9-17-11-13(10-16-17)21(19,20)18-8-5-6-14(18,3)4/h10-12,15H,5-9H2,1-4H3. The van der Waals surface area contributed by atoms with Crippen molar-refractivity contribution >= 4 is 10.0 Å². The van der Waals surface area contributed by atoms with Crippen LogP contribution in [0.1, 0.15) is 40.5 Å². The SMILES string of the molecule is CC(C)NCCn1cc(S(=O)(=O)N2CCCC2(C)C)cn1. The summed E-state index contributed by atoms with van der Waals surface area (Å²) in [6, 6.07) is 0.411. The van der Waals surface area contributed by atoms with Gasteiger partial charge in [0.05, 0.1) is 12.7 Å². The number of sulfonamides is 1. The Hall–Kier alpha value is -0.920. The molecule has 7 heteroatoms. The zero-order chi connectivity index (χ0) is 15.7. The molecular formula is C14H26N4O2S. The van der Waals surface area contributed by atoms with Crippen LogP contribution in [0.3, 0.4) is 0 Å². The molecule has 2 heterocycles. The van der Waals surface area contributed by atoms with E-state index < -0.39 is 10.0 Å². The van der Waals surface area contributed by atoms with Crippen molar-refractivity contribution in [1.29, 1.82) is 0 Å². The van der Waals surface area contributed by atoms with Crippen LogP contribution >= 0.6 is 0 Å². The Morgan fingerprint density at radius 1 is 1.43 bits per heavy atom. The minimum absolute atomic E-state index is 0.294. The van der Waals surface area contributed by atoms with Crippen LogP contribution in [0.25, 0.3) is 0 Å². The Morgan fingerprint density at radius 3 is 2.71 bits per heavy atom. The molecular weight excluding hydrogens is 288 g/mol. The molecule has 1 aromatic heterocycles. The molecule has 0 aromatic carbocycles. The van der Waals surface area contributed by atoms with E-state index in [-0.39, 0.29) is 5.54 Å². The first-order valence-corrected chi connectivity index (χ1v) is 8.96. The summed E-state index contributed by atoms with van der Waals surface area (Å²) in [5, 5.41) is 7.46. The van der Waals surface area contributed by atoms with Gasteiger partial charge in [0.1, 0.15) is 4.90 Å². The molecule has 21 heavy (non-hydrogen) atoms. The second-order valence-electron chi connectivity index (χ2n) is 6.54. The molecule has 0 radical (unpaired) electrons. The second kappa shape index (κ2) is 6.06. The first kappa shape index (κ1) is 16.5. The second-order valence-corrected chi connectivity index (χ2v) is 8.40. The average Bonchev–Trinajstić information content (AvgIpc) is 2.95. The molecule has 1 N–H and O–H groups in total. The van der Waals surface area contributed by atoms with E-state index in [1.165, 1.54) is 6.20 Å². The summed E-state index contributed by atoms with van der Waals surface area (Å²) >= 11 is 0. The molecule has 0 atom stereocenters. The molecule has 0 bridgehead atoms. The average molecular weight is 314 g/mol. The molecule has 1 saturated heterocycles. The van der Waals surface area contributed by atoms with Crippen molar-refractivity contribution in [3.8, 4) is 0 Å². The molecule has 1 aliphatic rings. The third-order valence-corrected chi connectivity index (χ3v) is 5.98. The third kappa shape index (κ3) is 3.64. The quantitative estimate of drug-likeness (QED) is 0.863. The fourth-order valence-electron chi connectivity index (χ4n) is 2.72. The first-order chi connectivity index (χ1) is 9.73. The lowest BCUT2D eigenvalue weighted by atomic mass is 10.0. The normalized spacial score (nSPS) is 19.5. The number of nitrogens with one attached hydrogen (secondary N) is 1. The summed E-state index contributed by atoms with van der Waals surface area (Å²) in [5.41, 5.74) is -0.305. The number of hydrogen-bond donors (Lipinski definition) is 1. The van der Waals surface area contributed by atoms with E-state index >= 15 is 0 Å². The van der Waals surface area contributed by atoms with Crippen LogP contribution in [-0.2, 0) is 16.6 Å². The molecule has 2 rings (SSSR count). The Bertz CT molecular complexity index is 578. The lowest BCUT2D eigenvalue weighted by Gasteiger charge is -2.29. The number of hydrogen-bond acceptors (Lipinski definition) is 4. The predicted molar refractivity (Wildman–Crippen MR) is 82.6 cm³/mol. The molecule has 0 spiro atoms. The van der Waals surface area contributed by atoms with Crippen molar-refractivity contribution in [2.75, 3.05) is 13.1 Å². The molecule has 0 unspecified atom stereocenters. The summed E-state index contributed by atoms with van der Waals surface area (Å²) < 4.78 is 28.7. The Morgan fingerprint density at radius 2 is 2.14 bits per heavy atom. The van der Waals surface area contributed by atoms with Gasteiger partial charge in [-0.25, -0.2) is 8.42 Å². The highest BCUT2D eigenvalue weighted by Gasteiger charge is 2.41. The molecule has 0 aliphatic carbocycles. The molecule has 0 amide bonds. The van der Waals surface area contributed by atoms with Gasteiger partial charge in [0, 0.05) is 30.9 Å². The molecule has 6 nitrogen and oxygen atoms in total. The van der Waals surface area contributed by atoms with Gasteiger partial charge in [-0.3, -0.25) is 4.68 Å². The van der Waals surface area contributed by atoms with Crippen LogP contribution in [0.5, 0.6) is 0 Å². The van der Waals surface area contributed by atoms with Crippen molar-refractivity contribution in [2.24, 2.45) is 0 Å². The van der Waals surface area contributed by atoms with Crippen molar-refractivity contribution in [3.63, 3.8) is 0 Å². The molecule has 120 valence electrons. The fraction of sp³-hybridized carbons (Fsp3) is 0.786. The molecule has 1 aliphatic heterocycles. The van der Waals surface area contributed by atoms with Gasteiger partial charge in [-0.2, -0.15) is 9.40 Å². The highest BCUT2D eigenvalue weighted by atomic mass is 32.2. The van der Waals surface area contributed by atoms with E-state index in [1.807, 2.05) is 13.8 Å². The van der Waals surface area contributed by atoms with Gasteiger partial charge in [0.25, 0.3) is 0 Å². The van der Waals surface area contributed by atoms with Crippen LogP contribution in [0, 0.1) is 0 Å². The van der Waals surface area contributed by atoms with Crippen LogP contribution in [0.2, 0.25) is 0 Å². The minimum atomic E-state index is -3.44. The number of nitrogens with zero attached hydrogens (tertiary/aromatic N) is 3. The van der Waals surface area contributed by atoms with Gasteiger partial charge >= 0.3 is 0 Å². The van der Waals surface area contributed by atoms with E-state index in [1.54, 1.807) is 15.2 Å². The zero-order valence-electron chi connectivity index (χ0n) is 13.3. The van der Waals surface area contributed by atoms with E-state index in [4.69, 9.17) is 0 Å². The van der Waals surface area contributed by atoms with Crippen molar-refractivity contribution in [2.45, 2.75) is 63.6 Å². The Kier molecular flexibility index (Phi) is 4.75. The molecule has 1 aromatic rings. The van der Waals surface area contributed by atoms with E-state index in [2.05, 4.69) is 24.3 Å². The smallest absolute Gasteiger partial charge is 0.246 e. The predicted octanol–water partition coefficient (Wildman–Crippen LogP) is 1.44. The van der Waals surface area contributed by atoms with Crippen LogP contribution in [0.4, 0.5) is 0 Å². The Labute approximate surface area is 127 Å². The molecule has 0 saturated carbocycles. The van der Waals surface area contributed by atoms with E-state index in [9.17, 15) is 8.42 Å². The maximum Gasteiger partial charge on any atom is 0.246 e. The van der Waals surface area contributed by atoms with E-state index in [0.717, 1.165) is 19.4 Å². The lowest BCUT2D eigenvalue weighted by molar-refractivity contribution is 0.291. The summed E-state index contributed by atoms with van der Waals surface area (Å²) in [7, 11) is -3.44. The van der Waals surface area contributed by atoms with Gasteiger partial charge in [-0.1, -0.05) is 13.8 Å². The van der Waals surface area contributed by atoms with Crippen molar-refractivity contribution in [1.82, 2.24) is 19.4 Å². The minimum Gasteiger partial charge on any atom is -0.313 e. The zero-order valence-corrected chi connectivity index (χ0v) is 14.2. The van der Waals surface area contributed by atoms with Gasteiger partial charge in [0.15, 0.2) is 0 Å². The highest BCUT2D eigenvalue weighted by Crippen LogP contribution is 2.33. The summed E-state index contributed by atoms with van der Waals surface area (Å²) in [6.07, 6.45) is 4.90. The van der Waals surface area contributed by atoms with Gasteiger partial charge in [0.2, 0.25) is 10.0 Å². The van der Waals surface area contributed by atoms with Crippen LogP contribution in [-0.4, -0.2) is 47.2 Å². The fourth-order valence-corrected chi connectivity index (χ4v) is 4.52. The largest absolute Gasteiger partial charge is 0.313 e. The van der Waals surface area contributed by atoms with Crippen molar-refractivity contribution in [3.05, 3.63) is 12.4 Å². The highest BCUT2D eigenvalue weighted by molar-refractivity contribution is 7.89. The number of rotatable bonds is 6. The van der Waals surface area contributed by atoms with Crippen LogP contribution < -0.4 is 5.32 Å². The number of aromatic nitrogens is 2.